The predicted molar refractivity (Wildman–Crippen MR) is 85.4 cm³/mol. The minimum Gasteiger partial charge on any atom is -0.370 e. The van der Waals surface area contributed by atoms with Crippen LogP contribution >= 0.6 is 15.9 Å². The minimum atomic E-state index is -3.11. The maximum atomic E-state index is 10.9. The van der Waals surface area contributed by atoms with E-state index in [-0.39, 0.29) is 0 Å². The molecule has 7 heteroatoms. The van der Waals surface area contributed by atoms with E-state index in [0.29, 0.717) is 19.5 Å². The van der Waals surface area contributed by atoms with Crippen LogP contribution in [0.2, 0.25) is 0 Å². The van der Waals surface area contributed by atoms with Gasteiger partial charge in [-0.15, -0.1) is 0 Å². The third kappa shape index (κ3) is 4.16. The van der Waals surface area contributed by atoms with Crippen molar-refractivity contribution >= 4 is 42.5 Å². The minimum absolute atomic E-state index is 0.417. The molecule has 0 radical (unpaired) electrons. The van der Waals surface area contributed by atoms with Gasteiger partial charge in [0.1, 0.15) is 5.82 Å². The summed E-state index contributed by atoms with van der Waals surface area (Å²) in [6, 6.07) is 7.91. The van der Waals surface area contributed by atoms with Gasteiger partial charge in [0.2, 0.25) is 10.0 Å². The van der Waals surface area contributed by atoms with E-state index < -0.39 is 10.0 Å². The average Bonchev–Trinajstić information content (AvgIpc) is 2.38. The molecule has 20 heavy (non-hydrogen) atoms. The maximum Gasteiger partial charge on any atom is 0.208 e. The number of anilines is 1. The van der Waals surface area contributed by atoms with Gasteiger partial charge in [-0.2, -0.15) is 0 Å². The van der Waals surface area contributed by atoms with Gasteiger partial charge in [0.15, 0.2) is 0 Å². The number of nitrogens with one attached hydrogen (secondary N) is 2. The number of nitrogens with zero attached hydrogens (tertiary/aromatic N) is 1. The first-order chi connectivity index (χ1) is 9.47. The Kier molecular flexibility index (Phi) is 4.95. The van der Waals surface area contributed by atoms with Crippen LogP contribution in [-0.4, -0.2) is 32.7 Å². The van der Waals surface area contributed by atoms with Gasteiger partial charge in [-0.3, -0.25) is 0 Å². The third-order valence-corrected chi connectivity index (χ3v) is 4.18. The monoisotopic (exact) mass is 357 g/mol. The second-order valence-corrected chi connectivity index (χ2v) is 7.13. The summed E-state index contributed by atoms with van der Waals surface area (Å²) in [5.41, 5.74) is 0. The summed E-state index contributed by atoms with van der Waals surface area (Å²) in [6.45, 7) is 1.07. The molecule has 108 valence electrons. The molecule has 0 aliphatic carbocycles. The van der Waals surface area contributed by atoms with Crippen LogP contribution in [0.15, 0.2) is 34.9 Å². The summed E-state index contributed by atoms with van der Waals surface area (Å²) in [7, 11) is -3.11. The predicted octanol–water partition coefficient (Wildman–Crippen LogP) is 2.35. The molecule has 2 N–H and O–H groups in total. The summed E-state index contributed by atoms with van der Waals surface area (Å²) in [5.74, 6) is 0.808. The van der Waals surface area contributed by atoms with E-state index in [0.717, 1.165) is 27.3 Å². The number of sulfonamides is 1. The Bertz CT molecular complexity index is 704. The number of pyridine rings is 1. The molecule has 5 nitrogen and oxygen atoms in total. The number of hydrogen-bond acceptors (Lipinski definition) is 4. The molecular formula is C13H16BrN3O2S. The standard InChI is InChI=1S/C13H16BrN3O2S/c1-20(18,19)17-8-3-7-15-13-11-4-2-5-12(14)10(11)6-9-16-13/h2,4-6,9,17H,3,7-8H2,1H3,(H,15,16). The van der Waals surface area contributed by atoms with Gasteiger partial charge in [0, 0.05) is 34.5 Å². The molecule has 0 saturated carbocycles. The van der Waals surface area contributed by atoms with Gasteiger partial charge < -0.3 is 5.32 Å². The Balaban J connectivity index is 1.99. The molecule has 0 aliphatic heterocycles. The van der Waals surface area contributed by atoms with Crippen LogP contribution in [0.4, 0.5) is 5.82 Å². The lowest BCUT2D eigenvalue weighted by atomic mass is 10.1. The van der Waals surface area contributed by atoms with Crippen molar-refractivity contribution in [3.8, 4) is 0 Å². The SMILES string of the molecule is CS(=O)(=O)NCCCNc1nccc2c(Br)cccc12. The molecule has 2 rings (SSSR count). The molecule has 0 aliphatic rings. The van der Waals surface area contributed by atoms with Crippen LogP contribution in [-0.2, 0) is 10.0 Å². The molecule has 0 spiro atoms. The fraction of sp³-hybridized carbons (Fsp3) is 0.308. The normalized spacial score (nSPS) is 11.7. The lowest BCUT2D eigenvalue weighted by Gasteiger charge is -2.09. The van der Waals surface area contributed by atoms with E-state index in [1.165, 1.54) is 0 Å². The quantitative estimate of drug-likeness (QED) is 0.778. The summed E-state index contributed by atoms with van der Waals surface area (Å²) >= 11 is 3.51. The Morgan fingerprint density at radius 1 is 1.20 bits per heavy atom. The molecule has 0 saturated heterocycles. The Hall–Kier alpha value is -1.18. The highest BCUT2D eigenvalue weighted by Gasteiger charge is 2.04. The molecule has 1 heterocycles. The van der Waals surface area contributed by atoms with Crippen molar-refractivity contribution in [2.75, 3.05) is 24.7 Å². The number of halogens is 1. The Morgan fingerprint density at radius 3 is 2.75 bits per heavy atom. The molecule has 1 aromatic carbocycles. The summed E-state index contributed by atoms with van der Waals surface area (Å²) < 4.78 is 25.3. The second kappa shape index (κ2) is 6.51. The van der Waals surface area contributed by atoms with Crippen LogP contribution in [0.3, 0.4) is 0 Å². The van der Waals surface area contributed by atoms with E-state index >= 15 is 0 Å². The number of aromatic nitrogens is 1. The molecule has 0 bridgehead atoms. The van der Waals surface area contributed by atoms with Crippen LogP contribution < -0.4 is 10.0 Å². The van der Waals surface area contributed by atoms with Crippen LogP contribution in [0.1, 0.15) is 6.42 Å². The first-order valence-electron chi connectivity index (χ1n) is 6.19. The topological polar surface area (TPSA) is 71.1 Å². The summed E-state index contributed by atoms with van der Waals surface area (Å²) in [6.07, 6.45) is 3.60. The smallest absolute Gasteiger partial charge is 0.208 e. The Morgan fingerprint density at radius 2 is 2.00 bits per heavy atom. The van der Waals surface area contributed by atoms with Gasteiger partial charge in [-0.05, 0) is 18.6 Å². The van der Waals surface area contributed by atoms with E-state index in [9.17, 15) is 8.42 Å². The molecule has 1 aromatic heterocycles. The molecule has 0 unspecified atom stereocenters. The molecule has 0 amide bonds. The van der Waals surface area contributed by atoms with Gasteiger partial charge in [-0.1, -0.05) is 28.1 Å². The van der Waals surface area contributed by atoms with Crippen LogP contribution in [0.25, 0.3) is 10.8 Å². The van der Waals surface area contributed by atoms with E-state index in [1.807, 2.05) is 24.3 Å². The van der Waals surface area contributed by atoms with Crippen LogP contribution in [0.5, 0.6) is 0 Å². The van der Waals surface area contributed by atoms with Crippen molar-refractivity contribution in [1.82, 2.24) is 9.71 Å². The number of rotatable bonds is 6. The van der Waals surface area contributed by atoms with Crippen molar-refractivity contribution in [1.29, 1.82) is 0 Å². The van der Waals surface area contributed by atoms with Crippen molar-refractivity contribution in [3.05, 3.63) is 34.9 Å². The maximum absolute atomic E-state index is 10.9. The second-order valence-electron chi connectivity index (χ2n) is 4.44. The first kappa shape index (κ1) is 15.2. The largest absolute Gasteiger partial charge is 0.370 e. The van der Waals surface area contributed by atoms with Crippen molar-refractivity contribution in [3.63, 3.8) is 0 Å². The van der Waals surface area contributed by atoms with Gasteiger partial charge in [-0.25, -0.2) is 18.1 Å². The Labute approximate surface area is 127 Å². The highest BCUT2D eigenvalue weighted by Crippen LogP contribution is 2.27. The number of hydrogen-bond donors (Lipinski definition) is 2. The molecule has 2 aromatic rings. The first-order valence-corrected chi connectivity index (χ1v) is 8.87. The zero-order valence-corrected chi connectivity index (χ0v) is 13.5. The zero-order chi connectivity index (χ0) is 14.6. The lowest BCUT2D eigenvalue weighted by molar-refractivity contribution is 0.586. The number of benzene rings is 1. The van der Waals surface area contributed by atoms with Gasteiger partial charge >= 0.3 is 0 Å². The van der Waals surface area contributed by atoms with E-state index in [1.54, 1.807) is 6.20 Å². The van der Waals surface area contributed by atoms with Crippen molar-refractivity contribution in [2.24, 2.45) is 0 Å². The van der Waals surface area contributed by atoms with Crippen molar-refractivity contribution < 1.29 is 8.42 Å². The number of fused-ring (bicyclic) bond motifs is 1. The van der Waals surface area contributed by atoms with Crippen LogP contribution in [0, 0.1) is 0 Å². The zero-order valence-electron chi connectivity index (χ0n) is 11.1. The molecule has 0 atom stereocenters. The van der Waals surface area contributed by atoms with E-state index in [2.05, 4.69) is 31.0 Å². The van der Waals surface area contributed by atoms with Gasteiger partial charge in [0.25, 0.3) is 0 Å². The summed E-state index contributed by atoms with van der Waals surface area (Å²) in [5, 5.41) is 5.37. The highest BCUT2D eigenvalue weighted by atomic mass is 79.9. The average molecular weight is 358 g/mol. The molecular weight excluding hydrogens is 342 g/mol. The fourth-order valence-corrected chi connectivity index (χ4v) is 2.88. The fourth-order valence-electron chi connectivity index (χ4n) is 1.86. The van der Waals surface area contributed by atoms with Gasteiger partial charge in [0.05, 0.1) is 6.26 Å². The lowest BCUT2D eigenvalue weighted by Crippen LogP contribution is -2.24. The molecule has 0 fully saturated rings. The summed E-state index contributed by atoms with van der Waals surface area (Å²) in [4.78, 5) is 4.32. The van der Waals surface area contributed by atoms with Crippen molar-refractivity contribution in [2.45, 2.75) is 6.42 Å². The third-order valence-electron chi connectivity index (χ3n) is 2.76. The van der Waals surface area contributed by atoms with E-state index in [4.69, 9.17) is 0 Å². The highest BCUT2D eigenvalue weighted by molar-refractivity contribution is 9.10.